The fourth-order valence-corrected chi connectivity index (χ4v) is 1.40. The number of fused-ring (bicyclic) bond motifs is 1. The molecule has 2 aromatic rings. The number of rotatable bonds is 2. The van der Waals surface area contributed by atoms with Gasteiger partial charge in [0, 0.05) is 23.2 Å². The normalized spacial score (nSPS) is 11.1. The first-order valence-electron chi connectivity index (χ1n) is 4.65. The van der Waals surface area contributed by atoms with Crippen molar-refractivity contribution in [2.24, 2.45) is 0 Å². The molecule has 1 aromatic heterocycles. The van der Waals surface area contributed by atoms with Crippen LogP contribution in [-0.4, -0.2) is 16.1 Å². The highest BCUT2D eigenvalue weighted by atomic mass is 16.1. The van der Waals surface area contributed by atoms with Gasteiger partial charge in [-0.1, -0.05) is 0 Å². The molecule has 0 saturated carbocycles. The summed E-state index contributed by atoms with van der Waals surface area (Å²) < 4.78 is 1.90. The monoisotopic (exact) mass is 188 g/mol. The van der Waals surface area contributed by atoms with Crippen LogP contribution in [0.25, 0.3) is 10.9 Å². The van der Waals surface area contributed by atoms with Crippen LogP contribution in [-0.2, 0) is 0 Å². The second-order valence-electron chi connectivity index (χ2n) is 3.64. The first-order valence-corrected chi connectivity index (χ1v) is 4.65. The van der Waals surface area contributed by atoms with Crippen LogP contribution >= 0.6 is 0 Å². The molecule has 3 heteroatoms. The van der Waals surface area contributed by atoms with Crippen LogP contribution in [0, 0.1) is 0 Å². The maximum atomic E-state index is 10.6. The van der Waals surface area contributed by atoms with Gasteiger partial charge in [0.15, 0.2) is 0 Å². The zero-order chi connectivity index (χ0) is 10.1. The molecule has 1 aromatic carbocycles. The van der Waals surface area contributed by atoms with Crippen molar-refractivity contribution in [3.63, 3.8) is 0 Å². The van der Waals surface area contributed by atoms with Gasteiger partial charge >= 0.3 is 0 Å². The fraction of sp³-hybridized carbons (Fsp3) is 0.273. The molecule has 0 fully saturated rings. The second-order valence-corrected chi connectivity index (χ2v) is 3.64. The van der Waals surface area contributed by atoms with Crippen LogP contribution in [0.1, 0.15) is 30.2 Å². The van der Waals surface area contributed by atoms with Crippen molar-refractivity contribution in [2.75, 3.05) is 0 Å². The SMILES string of the molecule is CC(C)n1cc2cc(C=O)ccc2n1. The first-order chi connectivity index (χ1) is 6.70. The van der Waals surface area contributed by atoms with Crippen LogP contribution in [0.15, 0.2) is 24.4 Å². The lowest BCUT2D eigenvalue weighted by Gasteiger charge is -2.02. The highest BCUT2D eigenvalue weighted by Crippen LogP contribution is 2.15. The van der Waals surface area contributed by atoms with E-state index in [4.69, 9.17) is 0 Å². The Morgan fingerprint density at radius 3 is 2.86 bits per heavy atom. The molecule has 0 atom stereocenters. The zero-order valence-corrected chi connectivity index (χ0v) is 8.27. The summed E-state index contributed by atoms with van der Waals surface area (Å²) >= 11 is 0. The van der Waals surface area contributed by atoms with Gasteiger partial charge < -0.3 is 0 Å². The summed E-state index contributed by atoms with van der Waals surface area (Å²) in [5.74, 6) is 0. The maximum absolute atomic E-state index is 10.6. The third-order valence-corrected chi connectivity index (χ3v) is 2.21. The van der Waals surface area contributed by atoms with Crippen molar-refractivity contribution >= 4 is 17.2 Å². The minimum atomic E-state index is 0.349. The Morgan fingerprint density at radius 1 is 1.43 bits per heavy atom. The molecule has 72 valence electrons. The lowest BCUT2D eigenvalue weighted by Crippen LogP contribution is -1.99. The van der Waals surface area contributed by atoms with E-state index in [9.17, 15) is 4.79 Å². The van der Waals surface area contributed by atoms with Gasteiger partial charge in [-0.05, 0) is 32.0 Å². The van der Waals surface area contributed by atoms with Gasteiger partial charge in [0.2, 0.25) is 0 Å². The third kappa shape index (κ3) is 1.41. The van der Waals surface area contributed by atoms with E-state index in [0.29, 0.717) is 11.6 Å². The molecule has 3 nitrogen and oxygen atoms in total. The smallest absolute Gasteiger partial charge is 0.150 e. The van der Waals surface area contributed by atoms with E-state index in [2.05, 4.69) is 18.9 Å². The molecule has 2 rings (SSSR count). The molecule has 0 spiro atoms. The maximum Gasteiger partial charge on any atom is 0.150 e. The number of aromatic nitrogens is 2. The predicted octanol–water partition coefficient (Wildman–Crippen LogP) is 2.43. The number of hydrogen-bond acceptors (Lipinski definition) is 2. The molecule has 0 radical (unpaired) electrons. The third-order valence-electron chi connectivity index (χ3n) is 2.21. The van der Waals surface area contributed by atoms with Gasteiger partial charge in [0.1, 0.15) is 6.29 Å². The number of benzene rings is 1. The standard InChI is InChI=1S/C11H12N2O/c1-8(2)13-6-10-5-9(7-14)3-4-11(10)12-13/h3-8H,1-2H3. The molecule has 0 saturated heterocycles. The predicted molar refractivity (Wildman–Crippen MR) is 55.5 cm³/mol. The number of hydrogen-bond donors (Lipinski definition) is 0. The summed E-state index contributed by atoms with van der Waals surface area (Å²) in [5, 5.41) is 5.41. The van der Waals surface area contributed by atoms with Gasteiger partial charge in [-0.25, -0.2) is 0 Å². The lowest BCUT2D eigenvalue weighted by atomic mass is 10.2. The lowest BCUT2D eigenvalue weighted by molar-refractivity contribution is 0.112. The van der Waals surface area contributed by atoms with Crippen molar-refractivity contribution in [1.29, 1.82) is 0 Å². The number of carbonyl (C=O) groups is 1. The molecule has 1 heterocycles. The summed E-state index contributed by atoms with van der Waals surface area (Å²) in [6, 6.07) is 5.86. The highest BCUT2D eigenvalue weighted by molar-refractivity contribution is 5.86. The molecule has 0 unspecified atom stereocenters. The van der Waals surface area contributed by atoms with E-state index < -0.39 is 0 Å². The fourth-order valence-electron chi connectivity index (χ4n) is 1.40. The van der Waals surface area contributed by atoms with Crippen molar-refractivity contribution in [3.05, 3.63) is 30.0 Å². The Morgan fingerprint density at radius 2 is 2.21 bits per heavy atom. The first kappa shape index (κ1) is 8.94. The van der Waals surface area contributed by atoms with Crippen LogP contribution in [0.3, 0.4) is 0 Å². The van der Waals surface area contributed by atoms with E-state index in [-0.39, 0.29) is 0 Å². The molecule has 0 N–H and O–H groups in total. The molecule has 0 aliphatic carbocycles. The molecule has 14 heavy (non-hydrogen) atoms. The average molecular weight is 188 g/mol. The molecule has 0 amide bonds. The second kappa shape index (κ2) is 3.25. The minimum absolute atomic E-state index is 0.349. The van der Waals surface area contributed by atoms with Crippen LogP contribution in [0.2, 0.25) is 0 Å². The Bertz CT molecular complexity index is 471. The van der Waals surface area contributed by atoms with Crippen LogP contribution in [0.5, 0.6) is 0 Å². The highest BCUT2D eigenvalue weighted by Gasteiger charge is 2.03. The van der Waals surface area contributed by atoms with Crippen molar-refractivity contribution < 1.29 is 4.79 Å². The largest absolute Gasteiger partial charge is 0.298 e. The topological polar surface area (TPSA) is 34.9 Å². The van der Waals surface area contributed by atoms with Crippen LogP contribution in [0.4, 0.5) is 0 Å². The van der Waals surface area contributed by atoms with Gasteiger partial charge in [-0.3, -0.25) is 9.48 Å². The molecule has 0 aliphatic heterocycles. The average Bonchev–Trinajstić information content (AvgIpc) is 2.59. The summed E-state index contributed by atoms with van der Waals surface area (Å²) in [4.78, 5) is 10.6. The van der Waals surface area contributed by atoms with Gasteiger partial charge in [0.25, 0.3) is 0 Å². The van der Waals surface area contributed by atoms with Crippen LogP contribution < -0.4 is 0 Å². The van der Waals surface area contributed by atoms with Gasteiger partial charge in [-0.2, -0.15) is 5.10 Å². The van der Waals surface area contributed by atoms with Crippen molar-refractivity contribution in [2.45, 2.75) is 19.9 Å². The molecule has 0 bridgehead atoms. The summed E-state index contributed by atoms with van der Waals surface area (Å²) in [5.41, 5.74) is 1.63. The van der Waals surface area contributed by atoms with E-state index in [1.54, 1.807) is 6.07 Å². The summed E-state index contributed by atoms with van der Waals surface area (Å²) in [7, 11) is 0. The number of carbonyl (C=O) groups excluding carboxylic acids is 1. The Balaban J connectivity index is 2.59. The van der Waals surface area contributed by atoms with E-state index >= 15 is 0 Å². The van der Waals surface area contributed by atoms with Gasteiger partial charge in [0.05, 0.1) is 5.52 Å². The Hall–Kier alpha value is -1.64. The van der Waals surface area contributed by atoms with Gasteiger partial charge in [-0.15, -0.1) is 0 Å². The minimum Gasteiger partial charge on any atom is -0.298 e. The number of aldehydes is 1. The summed E-state index contributed by atoms with van der Waals surface area (Å²) in [6.45, 7) is 4.15. The molecular formula is C11H12N2O. The molecular weight excluding hydrogens is 176 g/mol. The van der Waals surface area contributed by atoms with Crippen molar-refractivity contribution in [1.82, 2.24) is 9.78 Å². The van der Waals surface area contributed by atoms with E-state index in [1.807, 2.05) is 23.0 Å². The molecule has 0 aliphatic rings. The quantitative estimate of drug-likeness (QED) is 0.678. The Kier molecular flexibility index (Phi) is 2.08. The Labute approximate surface area is 82.3 Å². The zero-order valence-electron chi connectivity index (χ0n) is 8.27. The summed E-state index contributed by atoms with van der Waals surface area (Å²) in [6.07, 6.45) is 2.82. The van der Waals surface area contributed by atoms with E-state index in [1.165, 1.54) is 0 Å². The van der Waals surface area contributed by atoms with E-state index in [0.717, 1.165) is 17.2 Å². The van der Waals surface area contributed by atoms with Crippen molar-refractivity contribution in [3.8, 4) is 0 Å². The number of nitrogens with zero attached hydrogens (tertiary/aromatic N) is 2.